The molecule has 0 bridgehead atoms. The second-order valence-electron chi connectivity index (χ2n) is 9.19. The molecule has 0 unspecified atom stereocenters. The normalized spacial score (nSPS) is 31.3. The summed E-state index contributed by atoms with van der Waals surface area (Å²) in [7, 11) is 0. The van der Waals surface area contributed by atoms with Crippen molar-refractivity contribution in [1.29, 1.82) is 0 Å². The number of hydrogen-bond acceptors (Lipinski definition) is 6. The van der Waals surface area contributed by atoms with Crippen molar-refractivity contribution >= 4 is 11.8 Å². The molecule has 0 fully saturated rings. The van der Waals surface area contributed by atoms with Crippen LogP contribution in [0.1, 0.15) is 66.2 Å². The van der Waals surface area contributed by atoms with Crippen LogP contribution in [-0.4, -0.2) is 51.5 Å². The highest BCUT2D eigenvalue weighted by molar-refractivity contribution is 5.75. The van der Waals surface area contributed by atoms with Gasteiger partial charge in [-0.3, -0.25) is 9.59 Å². The molecule has 0 spiro atoms. The van der Waals surface area contributed by atoms with Gasteiger partial charge in [-0.05, 0) is 50.0 Å². The average molecular weight is 423 g/mol. The van der Waals surface area contributed by atoms with Crippen LogP contribution in [0.15, 0.2) is 23.8 Å². The van der Waals surface area contributed by atoms with Gasteiger partial charge in [0.25, 0.3) is 0 Å². The van der Waals surface area contributed by atoms with Crippen molar-refractivity contribution in [3.05, 3.63) is 23.8 Å². The van der Waals surface area contributed by atoms with Crippen LogP contribution < -0.4 is 0 Å². The molecule has 170 valence electrons. The number of fused-ring (bicyclic) bond motifs is 1. The highest BCUT2D eigenvalue weighted by atomic mass is 16.5. The van der Waals surface area contributed by atoms with Crippen LogP contribution >= 0.6 is 0 Å². The van der Waals surface area contributed by atoms with Crippen LogP contribution in [0.25, 0.3) is 0 Å². The second-order valence-corrected chi connectivity index (χ2v) is 9.19. The molecular formula is C24H38O6. The molecule has 0 saturated carbocycles. The van der Waals surface area contributed by atoms with E-state index < -0.39 is 18.3 Å². The van der Waals surface area contributed by atoms with Crippen molar-refractivity contribution < 1.29 is 29.6 Å². The highest BCUT2D eigenvalue weighted by Gasteiger charge is 2.42. The summed E-state index contributed by atoms with van der Waals surface area (Å²) in [6.45, 7) is 7.34. The van der Waals surface area contributed by atoms with E-state index in [0.717, 1.165) is 5.57 Å². The Kier molecular flexibility index (Phi) is 9.26. The smallest absolute Gasteiger partial charge is 0.308 e. The SMILES string of the molecule is CC[C@H](C)C(=O)O[C@H]1C[C@H](O)C=C2C=C[C@H](C)[C@H](CC[C@@H](O)C[C@@H](O)CC(C)=O)[C@H]21. The number of aliphatic hydroxyl groups excluding tert-OH is 3. The first-order valence-corrected chi connectivity index (χ1v) is 11.3. The van der Waals surface area contributed by atoms with Crippen LogP contribution in [-0.2, 0) is 14.3 Å². The van der Waals surface area contributed by atoms with Crippen molar-refractivity contribution in [2.75, 3.05) is 0 Å². The number of allylic oxidation sites excluding steroid dienone is 2. The molecule has 0 aromatic carbocycles. The Bertz CT molecular complexity index is 654. The third kappa shape index (κ3) is 6.76. The summed E-state index contributed by atoms with van der Waals surface area (Å²) in [5.41, 5.74) is 0.991. The lowest BCUT2D eigenvalue weighted by molar-refractivity contribution is -0.159. The largest absolute Gasteiger partial charge is 0.461 e. The first-order valence-electron chi connectivity index (χ1n) is 11.3. The summed E-state index contributed by atoms with van der Waals surface area (Å²) >= 11 is 0. The summed E-state index contributed by atoms with van der Waals surface area (Å²) < 4.78 is 5.86. The van der Waals surface area contributed by atoms with E-state index in [2.05, 4.69) is 13.0 Å². The molecule has 0 saturated heterocycles. The molecule has 30 heavy (non-hydrogen) atoms. The van der Waals surface area contributed by atoms with E-state index in [1.807, 2.05) is 26.0 Å². The summed E-state index contributed by atoms with van der Waals surface area (Å²) in [5, 5.41) is 30.6. The Morgan fingerprint density at radius 2 is 1.97 bits per heavy atom. The number of carbonyl (C=O) groups is 2. The lowest BCUT2D eigenvalue weighted by Crippen LogP contribution is -2.43. The molecule has 0 radical (unpaired) electrons. The maximum absolute atomic E-state index is 12.5. The van der Waals surface area contributed by atoms with Crippen LogP contribution in [0.5, 0.6) is 0 Å². The number of aliphatic hydroxyl groups is 3. The van der Waals surface area contributed by atoms with Crippen LogP contribution in [0.4, 0.5) is 0 Å². The maximum Gasteiger partial charge on any atom is 0.308 e. The molecule has 0 heterocycles. The number of carbonyl (C=O) groups excluding carboxylic acids is 2. The Hall–Kier alpha value is -1.50. The van der Waals surface area contributed by atoms with Gasteiger partial charge in [-0.15, -0.1) is 0 Å². The second kappa shape index (κ2) is 11.2. The first kappa shape index (κ1) is 24.8. The third-order valence-corrected chi connectivity index (χ3v) is 6.56. The number of esters is 1. The molecular weight excluding hydrogens is 384 g/mol. The van der Waals surface area contributed by atoms with Gasteiger partial charge >= 0.3 is 5.97 Å². The van der Waals surface area contributed by atoms with Gasteiger partial charge in [-0.25, -0.2) is 0 Å². The molecule has 0 aliphatic heterocycles. The molecule has 0 aromatic rings. The van der Waals surface area contributed by atoms with Gasteiger partial charge in [0.15, 0.2) is 0 Å². The first-order chi connectivity index (χ1) is 14.1. The minimum absolute atomic E-state index is 0.0178. The third-order valence-electron chi connectivity index (χ3n) is 6.56. The number of rotatable bonds is 10. The van der Waals surface area contributed by atoms with E-state index in [9.17, 15) is 24.9 Å². The maximum atomic E-state index is 12.5. The van der Waals surface area contributed by atoms with Crippen molar-refractivity contribution in [2.45, 2.75) is 90.6 Å². The monoisotopic (exact) mass is 422 g/mol. The van der Waals surface area contributed by atoms with Gasteiger partial charge in [0.2, 0.25) is 0 Å². The van der Waals surface area contributed by atoms with E-state index >= 15 is 0 Å². The van der Waals surface area contributed by atoms with Crippen LogP contribution in [0, 0.1) is 23.7 Å². The van der Waals surface area contributed by atoms with E-state index in [1.165, 1.54) is 6.92 Å². The fourth-order valence-corrected chi connectivity index (χ4v) is 4.65. The van der Waals surface area contributed by atoms with Gasteiger partial charge < -0.3 is 20.1 Å². The molecule has 2 aliphatic rings. The molecule has 6 nitrogen and oxygen atoms in total. The fourth-order valence-electron chi connectivity index (χ4n) is 4.65. The van der Waals surface area contributed by atoms with E-state index in [1.54, 1.807) is 0 Å². The molecule has 0 amide bonds. The van der Waals surface area contributed by atoms with Crippen molar-refractivity contribution in [3.63, 3.8) is 0 Å². The molecule has 6 heteroatoms. The zero-order chi connectivity index (χ0) is 22.4. The number of ether oxygens (including phenoxy) is 1. The average Bonchev–Trinajstić information content (AvgIpc) is 2.65. The standard InChI is InChI=1S/C24H38O6/c1-5-14(2)24(29)30-22-13-20(28)11-17-7-6-15(3)21(23(17)22)9-8-18(26)12-19(27)10-16(4)25/h6-7,11,14-15,18-23,26-28H,5,8-10,12-13H2,1-4H3/t14-,15-,18+,19-,20+,21-,22-,23-/m0/s1. The van der Waals surface area contributed by atoms with Crippen LogP contribution in [0.3, 0.4) is 0 Å². The number of hydrogen-bond donors (Lipinski definition) is 3. The predicted octanol–water partition coefficient (Wildman–Crippen LogP) is 2.94. The zero-order valence-corrected chi connectivity index (χ0v) is 18.7. The van der Waals surface area contributed by atoms with Gasteiger partial charge in [0.1, 0.15) is 11.9 Å². The van der Waals surface area contributed by atoms with Gasteiger partial charge in [0, 0.05) is 18.8 Å². The Morgan fingerprint density at radius 1 is 1.27 bits per heavy atom. The zero-order valence-electron chi connectivity index (χ0n) is 18.7. The minimum Gasteiger partial charge on any atom is -0.461 e. The number of Topliss-reactive ketones (excluding diaryl/α,β-unsaturated/α-hetero) is 1. The topological polar surface area (TPSA) is 104 Å². The van der Waals surface area contributed by atoms with Crippen molar-refractivity contribution in [2.24, 2.45) is 23.7 Å². The lowest BCUT2D eigenvalue weighted by atomic mass is 9.66. The minimum atomic E-state index is -0.828. The molecule has 2 aliphatic carbocycles. The lowest BCUT2D eigenvalue weighted by Gasteiger charge is -2.43. The Morgan fingerprint density at radius 3 is 2.60 bits per heavy atom. The Balaban J connectivity index is 2.09. The fraction of sp³-hybridized carbons (Fsp3) is 0.750. The molecule has 3 N–H and O–H groups in total. The Labute approximate surface area is 180 Å². The van der Waals surface area contributed by atoms with Crippen LogP contribution in [0.2, 0.25) is 0 Å². The van der Waals surface area contributed by atoms with Crippen molar-refractivity contribution in [1.82, 2.24) is 0 Å². The van der Waals surface area contributed by atoms with Gasteiger partial charge in [0.05, 0.1) is 24.2 Å². The van der Waals surface area contributed by atoms with Crippen molar-refractivity contribution in [3.8, 4) is 0 Å². The predicted molar refractivity (Wildman–Crippen MR) is 114 cm³/mol. The summed E-state index contributed by atoms with van der Waals surface area (Å²) in [6, 6.07) is 0. The quantitative estimate of drug-likeness (QED) is 0.468. The molecule has 2 rings (SSSR count). The highest BCUT2D eigenvalue weighted by Crippen LogP contribution is 2.44. The summed E-state index contributed by atoms with van der Waals surface area (Å²) in [6.07, 6.45) is 5.94. The van der Waals surface area contributed by atoms with E-state index in [0.29, 0.717) is 25.7 Å². The van der Waals surface area contributed by atoms with E-state index in [4.69, 9.17) is 4.74 Å². The summed E-state index contributed by atoms with van der Waals surface area (Å²) in [4.78, 5) is 23.6. The van der Waals surface area contributed by atoms with E-state index in [-0.39, 0.29) is 54.4 Å². The molecule has 8 atom stereocenters. The number of ketones is 1. The van der Waals surface area contributed by atoms with Gasteiger partial charge in [-0.1, -0.05) is 39.0 Å². The summed E-state index contributed by atoms with van der Waals surface area (Å²) in [5.74, 6) is -0.136. The van der Waals surface area contributed by atoms with Gasteiger partial charge in [-0.2, -0.15) is 0 Å². The molecule has 0 aromatic heterocycles.